The maximum Gasteiger partial charge on any atom is 0.253 e. The Morgan fingerprint density at radius 1 is 1.56 bits per heavy atom. The zero-order chi connectivity index (χ0) is 11.7. The molecule has 88 valence electrons. The third-order valence-corrected chi connectivity index (χ3v) is 3.39. The van der Waals surface area contributed by atoms with Gasteiger partial charge >= 0.3 is 0 Å². The molecule has 0 aromatic carbocycles. The van der Waals surface area contributed by atoms with Gasteiger partial charge in [-0.25, -0.2) is 0 Å². The summed E-state index contributed by atoms with van der Waals surface area (Å²) in [5.74, 6) is 0. The summed E-state index contributed by atoms with van der Waals surface area (Å²) in [7, 11) is 0. The Morgan fingerprint density at radius 2 is 2.31 bits per heavy atom. The van der Waals surface area contributed by atoms with Crippen molar-refractivity contribution in [2.75, 3.05) is 0 Å². The molecule has 4 heteroatoms. The standard InChI is InChI=1S/C12H16BrNO2/c1-8-5-10(13)6-14(12(8)15)7-11-4-3-9(2)16-11/h5-6,9,11H,3-4,7H2,1-2H3. The summed E-state index contributed by atoms with van der Waals surface area (Å²) in [5.41, 5.74) is 0.840. The minimum atomic E-state index is 0.0753. The van der Waals surface area contributed by atoms with Crippen molar-refractivity contribution >= 4 is 15.9 Å². The molecule has 2 rings (SSSR count). The zero-order valence-electron chi connectivity index (χ0n) is 9.57. The number of hydrogen-bond acceptors (Lipinski definition) is 2. The van der Waals surface area contributed by atoms with E-state index < -0.39 is 0 Å². The van der Waals surface area contributed by atoms with Crippen molar-refractivity contribution in [1.29, 1.82) is 0 Å². The highest BCUT2D eigenvalue weighted by molar-refractivity contribution is 9.10. The molecule has 1 aromatic rings. The molecule has 3 nitrogen and oxygen atoms in total. The maximum absolute atomic E-state index is 11.9. The highest BCUT2D eigenvalue weighted by atomic mass is 79.9. The molecular formula is C12H16BrNO2. The lowest BCUT2D eigenvalue weighted by molar-refractivity contribution is 0.0451. The molecule has 0 radical (unpaired) electrons. The van der Waals surface area contributed by atoms with Gasteiger partial charge in [-0.05, 0) is 48.7 Å². The monoisotopic (exact) mass is 285 g/mol. The number of pyridine rings is 1. The van der Waals surface area contributed by atoms with Crippen LogP contribution in [0.5, 0.6) is 0 Å². The van der Waals surface area contributed by atoms with Gasteiger partial charge in [0.05, 0.1) is 18.8 Å². The molecule has 0 N–H and O–H groups in total. The van der Waals surface area contributed by atoms with Crippen molar-refractivity contribution in [2.45, 2.75) is 45.4 Å². The minimum Gasteiger partial charge on any atom is -0.373 e. The fourth-order valence-corrected chi connectivity index (χ4v) is 2.70. The normalized spacial score (nSPS) is 24.9. The van der Waals surface area contributed by atoms with Gasteiger partial charge in [0.2, 0.25) is 0 Å². The first-order valence-electron chi connectivity index (χ1n) is 5.58. The molecule has 0 aliphatic carbocycles. The van der Waals surface area contributed by atoms with Crippen LogP contribution in [0.1, 0.15) is 25.3 Å². The molecule has 2 unspecified atom stereocenters. The van der Waals surface area contributed by atoms with Crippen LogP contribution in [-0.2, 0) is 11.3 Å². The number of nitrogens with zero attached hydrogens (tertiary/aromatic N) is 1. The third kappa shape index (κ3) is 2.55. The smallest absolute Gasteiger partial charge is 0.253 e. The zero-order valence-corrected chi connectivity index (χ0v) is 11.2. The Kier molecular flexibility index (Phi) is 3.50. The lowest BCUT2D eigenvalue weighted by Gasteiger charge is -2.14. The van der Waals surface area contributed by atoms with Crippen molar-refractivity contribution in [3.63, 3.8) is 0 Å². The van der Waals surface area contributed by atoms with Gasteiger partial charge in [-0.2, -0.15) is 0 Å². The van der Waals surface area contributed by atoms with Gasteiger partial charge in [0.1, 0.15) is 0 Å². The van der Waals surface area contributed by atoms with Gasteiger partial charge in [-0.1, -0.05) is 0 Å². The Labute approximate surface area is 104 Å². The van der Waals surface area contributed by atoms with Gasteiger partial charge < -0.3 is 9.30 Å². The van der Waals surface area contributed by atoms with E-state index in [1.807, 2.05) is 19.2 Å². The highest BCUT2D eigenvalue weighted by Crippen LogP contribution is 2.20. The van der Waals surface area contributed by atoms with E-state index in [2.05, 4.69) is 22.9 Å². The van der Waals surface area contributed by atoms with Crippen LogP contribution in [0, 0.1) is 6.92 Å². The van der Waals surface area contributed by atoms with Crippen LogP contribution >= 0.6 is 15.9 Å². The number of halogens is 1. The van der Waals surface area contributed by atoms with Crippen LogP contribution in [0.4, 0.5) is 0 Å². The summed E-state index contributed by atoms with van der Waals surface area (Å²) in [6.45, 7) is 4.57. The summed E-state index contributed by atoms with van der Waals surface area (Å²) in [6, 6.07) is 1.84. The van der Waals surface area contributed by atoms with Crippen LogP contribution < -0.4 is 5.56 Å². The summed E-state index contributed by atoms with van der Waals surface area (Å²) < 4.78 is 8.40. The first-order valence-corrected chi connectivity index (χ1v) is 6.37. The predicted octanol–water partition coefficient (Wildman–Crippen LogP) is 2.49. The van der Waals surface area contributed by atoms with Crippen molar-refractivity contribution in [2.24, 2.45) is 0 Å². The van der Waals surface area contributed by atoms with E-state index in [9.17, 15) is 4.79 Å². The van der Waals surface area contributed by atoms with Gasteiger partial charge in [-0.15, -0.1) is 0 Å². The second-order valence-electron chi connectivity index (χ2n) is 4.44. The van der Waals surface area contributed by atoms with Crippen molar-refractivity contribution in [3.05, 3.63) is 32.7 Å². The molecule has 1 saturated heterocycles. The quantitative estimate of drug-likeness (QED) is 0.836. The topological polar surface area (TPSA) is 31.2 Å². The van der Waals surface area contributed by atoms with Crippen molar-refractivity contribution in [3.8, 4) is 0 Å². The largest absolute Gasteiger partial charge is 0.373 e. The Balaban J connectivity index is 2.18. The van der Waals surface area contributed by atoms with Crippen LogP contribution in [0.15, 0.2) is 21.5 Å². The molecule has 1 aliphatic rings. The number of hydrogen-bond donors (Lipinski definition) is 0. The van der Waals surface area contributed by atoms with E-state index in [1.54, 1.807) is 4.57 Å². The fourth-order valence-electron chi connectivity index (χ4n) is 2.11. The van der Waals surface area contributed by atoms with Crippen LogP contribution in [0.25, 0.3) is 0 Å². The second-order valence-corrected chi connectivity index (χ2v) is 5.36. The minimum absolute atomic E-state index is 0.0753. The summed E-state index contributed by atoms with van der Waals surface area (Å²) in [4.78, 5) is 11.9. The van der Waals surface area contributed by atoms with Gasteiger partial charge in [0, 0.05) is 16.2 Å². The Morgan fingerprint density at radius 3 is 2.94 bits per heavy atom. The summed E-state index contributed by atoms with van der Waals surface area (Å²) in [5, 5.41) is 0. The molecule has 0 spiro atoms. The van der Waals surface area contributed by atoms with Crippen molar-refractivity contribution < 1.29 is 4.74 Å². The second kappa shape index (κ2) is 4.72. The van der Waals surface area contributed by atoms with Crippen molar-refractivity contribution in [1.82, 2.24) is 4.57 Å². The molecule has 1 fully saturated rings. The predicted molar refractivity (Wildman–Crippen MR) is 66.7 cm³/mol. The molecule has 0 saturated carbocycles. The van der Waals surface area contributed by atoms with Gasteiger partial charge in [0.15, 0.2) is 0 Å². The first-order chi connectivity index (χ1) is 7.56. The molecule has 2 atom stereocenters. The van der Waals surface area contributed by atoms with E-state index >= 15 is 0 Å². The Bertz CT molecular complexity index is 441. The first kappa shape index (κ1) is 11.9. The van der Waals surface area contributed by atoms with E-state index in [4.69, 9.17) is 4.74 Å². The average molecular weight is 286 g/mol. The van der Waals surface area contributed by atoms with E-state index in [1.165, 1.54) is 0 Å². The number of rotatable bonds is 2. The summed E-state index contributed by atoms with van der Waals surface area (Å²) >= 11 is 3.41. The highest BCUT2D eigenvalue weighted by Gasteiger charge is 2.22. The Hall–Kier alpha value is -0.610. The average Bonchev–Trinajstić information content (AvgIpc) is 2.60. The lowest BCUT2D eigenvalue weighted by Crippen LogP contribution is -2.27. The fraction of sp³-hybridized carbons (Fsp3) is 0.583. The molecule has 1 aliphatic heterocycles. The van der Waals surface area contributed by atoms with Gasteiger partial charge in [-0.3, -0.25) is 4.79 Å². The van der Waals surface area contributed by atoms with E-state index in [0.29, 0.717) is 12.6 Å². The number of aromatic nitrogens is 1. The van der Waals surface area contributed by atoms with Crippen LogP contribution in [0.2, 0.25) is 0 Å². The lowest BCUT2D eigenvalue weighted by atomic mass is 10.2. The summed E-state index contributed by atoms with van der Waals surface area (Å²) in [6.07, 6.45) is 4.48. The van der Waals surface area contributed by atoms with E-state index in [-0.39, 0.29) is 11.7 Å². The molecular weight excluding hydrogens is 270 g/mol. The molecule has 16 heavy (non-hydrogen) atoms. The maximum atomic E-state index is 11.9. The molecule has 1 aromatic heterocycles. The number of aryl methyl sites for hydroxylation is 1. The third-order valence-electron chi connectivity index (χ3n) is 2.95. The molecule has 2 heterocycles. The van der Waals surface area contributed by atoms with E-state index in [0.717, 1.165) is 22.9 Å². The molecule has 0 amide bonds. The van der Waals surface area contributed by atoms with Crippen LogP contribution in [-0.4, -0.2) is 16.8 Å². The van der Waals surface area contributed by atoms with Crippen LogP contribution in [0.3, 0.4) is 0 Å². The molecule has 0 bridgehead atoms. The van der Waals surface area contributed by atoms with Gasteiger partial charge in [0.25, 0.3) is 5.56 Å². The number of ether oxygens (including phenoxy) is 1. The SMILES string of the molecule is Cc1cc(Br)cn(CC2CCC(C)O2)c1=O.